The molecule has 0 radical (unpaired) electrons. The third-order valence-electron chi connectivity index (χ3n) is 3.04. The van der Waals surface area contributed by atoms with E-state index in [0.29, 0.717) is 12.5 Å². The van der Waals surface area contributed by atoms with Crippen LogP contribution in [0.3, 0.4) is 0 Å². The lowest BCUT2D eigenvalue weighted by Gasteiger charge is -2.15. The SMILES string of the molecule is CC(C)(F)[C@H]1[C@H](CN)C1(C)C. The summed E-state index contributed by atoms with van der Waals surface area (Å²) in [4.78, 5) is 0. The van der Waals surface area contributed by atoms with Crippen LogP contribution < -0.4 is 5.73 Å². The van der Waals surface area contributed by atoms with Gasteiger partial charge in [-0.3, -0.25) is 0 Å². The maximum absolute atomic E-state index is 13.5. The van der Waals surface area contributed by atoms with Gasteiger partial charge in [-0.2, -0.15) is 0 Å². The Balaban J connectivity index is 2.66. The number of hydrogen-bond donors (Lipinski definition) is 1. The topological polar surface area (TPSA) is 26.0 Å². The fourth-order valence-electron chi connectivity index (χ4n) is 2.55. The number of halogens is 1. The molecule has 1 rings (SSSR count). The minimum Gasteiger partial charge on any atom is -0.330 e. The Morgan fingerprint density at radius 3 is 2.00 bits per heavy atom. The zero-order chi connectivity index (χ0) is 8.86. The van der Waals surface area contributed by atoms with Gasteiger partial charge in [-0.05, 0) is 31.7 Å². The van der Waals surface area contributed by atoms with Crippen molar-refractivity contribution in [3.05, 3.63) is 0 Å². The van der Waals surface area contributed by atoms with Crippen molar-refractivity contribution >= 4 is 0 Å². The van der Waals surface area contributed by atoms with Gasteiger partial charge in [0.05, 0.1) is 0 Å². The summed E-state index contributed by atoms with van der Waals surface area (Å²) in [6, 6.07) is 0. The van der Waals surface area contributed by atoms with Crippen molar-refractivity contribution in [2.45, 2.75) is 33.4 Å². The van der Waals surface area contributed by atoms with Crippen LogP contribution in [0.15, 0.2) is 0 Å². The predicted molar refractivity (Wildman–Crippen MR) is 45.0 cm³/mol. The van der Waals surface area contributed by atoms with E-state index in [1.54, 1.807) is 13.8 Å². The highest BCUT2D eigenvalue weighted by Gasteiger charge is 2.63. The zero-order valence-corrected chi connectivity index (χ0v) is 7.82. The minimum atomic E-state index is -1.06. The molecule has 0 aromatic carbocycles. The van der Waals surface area contributed by atoms with Gasteiger partial charge in [0.15, 0.2) is 0 Å². The molecular formula is C9H18FN. The van der Waals surface area contributed by atoms with Gasteiger partial charge < -0.3 is 5.73 Å². The Kier molecular flexibility index (Phi) is 1.79. The Bertz CT molecular complexity index is 157. The molecule has 0 bridgehead atoms. The van der Waals surface area contributed by atoms with Crippen molar-refractivity contribution in [3.63, 3.8) is 0 Å². The normalized spacial score (nSPS) is 35.5. The van der Waals surface area contributed by atoms with Crippen molar-refractivity contribution < 1.29 is 4.39 Å². The number of hydrogen-bond acceptors (Lipinski definition) is 1. The molecule has 0 amide bonds. The molecule has 0 unspecified atom stereocenters. The maximum Gasteiger partial charge on any atom is 0.109 e. The van der Waals surface area contributed by atoms with E-state index in [-0.39, 0.29) is 11.3 Å². The Labute approximate surface area is 68.2 Å². The molecule has 1 fully saturated rings. The van der Waals surface area contributed by atoms with E-state index in [9.17, 15) is 4.39 Å². The Morgan fingerprint density at radius 1 is 1.45 bits per heavy atom. The quantitative estimate of drug-likeness (QED) is 0.655. The van der Waals surface area contributed by atoms with E-state index in [1.807, 2.05) is 0 Å². The largest absolute Gasteiger partial charge is 0.330 e. The summed E-state index contributed by atoms with van der Waals surface area (Å²) >= 11 is 0. The molecule has 0 saturated heterocycles. The van der Waals surface area contributed by atoms with Gasteiger partial charge in [0.2, 0.25) is 0 Å². The third-order valence-corrected chi connectivity index (χ3v) is 3.04. The summed E-state index contributed by atoms with van der Waals surface area (Å²) in [7, 11) is 0. The van der Waals surface area contributed by atoms with Crippen molar-refractivity contribution in [2.75, 3.05) is 6.54 Å². The van der Waals surface area contributed by atoms with E-state index in [4.69, 9.17) is 5.73 Å². The molecule has 11 heavy (non-hydrogen) atoms. The van der Waals surface area contributed by atoms with Crippen molar-refractivity contribution in [1.29, 1.82) is 0 Å². The van der Waals surface area contributed by atoms with Crippen LogP contribution >= 0.6 is 0 Å². The molecular weight excluding hydrogens is 141 g/mol. The van der Waals surface area contributed by atoms with Gasteiger partial charge in [-0.15, -0.1) is 0 Å². The molecule has 1 aliphatic rings. The summed E-state index contributed by atoms with van der Waals surface area (Å²) in [6.07, 6.45) is 0. The van der Waals surface area contributed by atoms with Crippen LogP contribution in [0.4, 0.5) is 4.39 Å². The molecule has 0 aliphatic heterocycles. The van der Waals surface area contributed by atoms with Crippen LogP contribution in [0.25, 0.3) is 0 Å². The third kappa shape index (κ3) is 1.28. The van der Waals surface area contributed by atoms with Gasteiger partial charge >= 0.3 is 0 Å². The number of nitrogens with two attached hydrogens (primary N) is 1. The molecule has 0 heterocycles. The first-order valence-corrected chi connectivity index (χ1v) is 4.20. The zero-order valence-electron chi connectivity index (χ0n) is 7.82. The molecule has 2 heteroatoms. The summed E-state index contributed by atoms with van der Waals surface area (Å²) < 4.78 is 13.5. The van der Waals surface area contributed by atoms with E-state index in [0.717, 1.165) is 0 Å². The molecule has 1 aliphatic carbocycles. The highest BCUT2D eigenvalue weighted by Crippen LogP contribution is 2.63. The van der Waals surface area contributed by atoms with Gasteiger partial charge in [0.25, 0.3) is 0 Å². The lowest BCUT2D eigenvalue weighted by atomic mass is 9.98. The smallest absolute Gasteiger partial charge is 0.109 e. The minimum absolute atomic E-state index is 0.118. The molecule has 66 valence electrons. The summed E-state index contributed by atoms with van der Waals surface area (Å²) in [5.41, 5.74) is 4.59. The van der Waals surface area contributed by atoms with E-state index < -0.39 is 5.67 Å². The second kappa shape index (κ2) is 2.19. The predicted octanol–water partition coefficient (Wildman–Crippen LogP) is 1.97. The van der Waals surface area contributed by atoms with Crippen molar-refractivity contribution in [1.82, 2.24) is 0 Å². The molecule has 0 spiro atoms. The molecule has 2 N–H and O–H groups in total. The lowest BCUT2D eigenvalue weighted by Crippen LogP contribution is -2.19. The molecule has 0 aromatic heterocycles. The highest BCUT2D eigenvalue weighted by atomic mass is 19.1. The highest BCUT2D eigenvalue weighted by molar-refractivity contribution is 5.11. The first-order chi connectivity index (χ1) is 4.81. The summed E-state index contributed by atoms with van der Waals surface area (Å²) in [5, 5.41) is 0. The van der Waals surface area contributed by atoms with Gasteiger partial charge in [0, 0.05) is 5.92 Å². The van der Waals surface area contributed by atoms with Gasteiger partial charge in [-0.25, -0.2) is 4.39 Å². The van der Waals surface area contributed by atoms with Crippen LogP contribution in [0.2, 0.25) is 0 Å². The van der Waals surface area contributed by atoms with Crippen LogP contribution in [-0.4, -0.2) is 12.2 Å². The van der Waals surface area contributed by atoms with Crippen molar-refractivity contribution in [3.8, 4) is 0 Å². The van der Waals surface area contributed by atoms with Crippen LogP contribution in [-0.2, 0) is 0 Å². The Hall–Kier alpha value is -0.110. The summed E-state index contributed by atoms with van der Waals surface area (Å²) in [6.45, 7) is 8.10. The summed E-state index contributed by atoms with van der Waals surface area (Å²) in [5.74, 6) is 0.530. The van der Waals surface area contributed by atoms with Crippen LogP contribution in [0, 0.1) is 17.3 Å². The molecule has 0 aromatic rings. The van der Waals surface area contributed by atoms with Gasteiger partial charge in [0.1, 0.15) is 5.67 Å². The van der Waals surface area contributed by atoms with E-state index >= 15 is 0 Å². The monoisotopic (exact) mass is 159 g/mol. The second-order valence-corrected chi connectivity index (χ2v) is 4.71. The van der Waals surface area contributed by atoms with E-state index in [1.165, 1.54) is 0 Å². The first kappa shape index (κ1) is 8.98. The average Bonchev–Trinajstić information content (AvgIpc) is 2.31. The van der Waals surface area contributed by atoms with Crippen molar-refractivity contribution in [2.24, 2.45) is 23.0 Å². The van der Waals surface area contributed by atoms with E-state index in [2.05, 4.69) is 13.8 Å². The number of alkyl halides is 1. The van der Waals surface area contributed by atoms with Crippen LogP contribution in [0.5, 0.6) is 0 Å². The molecule has 1 nitrogen and oxygen atoms in total. The second-order valence-electron chi connectivity index (χ2n) is 4.71. The maximum atomic E-state index is 13.5. The Morgan fingerprint density at radius 2 is 1.91 bits per heavy atom. The van der Waals surface area contributed by atoms with Crippen LogP contribution in [0.1, 0.15) is 27.7 Å². The fraction of sp³-hybridized carbons (Fsp3) is 1.00. The standard InChI is InChI=1S/C9H18FN/c1-8(2)6(5-11)7(8)9(3,4)10/h6-7H,5,11H2,1-4H3/t6-,7-/m0/s1. The first-order valence-electron chi connectivity index (χ1n) is 4.20. The average molecular weight is 159 g/mol. The fourth-order valence-corrected chi connectivity index (χ4v) is 2.55. The molecule has 2 atom stereocenters. The lowest BCUT2D eigenvalue weighted by molar-refractivity contribution is 0.159. The molecule has 1 saturated carbocycles. The van der Waals surface area contributed by atoms with Gasteiger partial charge in [-0.1, -0.05) is 13.8 Å². The number of rotatable bonds is 2.